The molecule has 8 heteroatoms. The zero-order valence-corrected chi connectivity index (χ0v) is 18.9. The second kappa shape index (κ2) is 9.17. The Morgan fingerprint density at radius 2 is 1.85 bits per heavy atom. The first-order valence-electron chi connectivity index (χ1n) is 10.9. The molecule has 0 unspecified atom stereocenters. The molecule has 1 aromatic heterocycles. The van der Waals surface area contributed by atoms with Crippen LogP contribution < -0.4 is 15.8 Å². The maximum Gasteiger partial charge on any atom is 0.336 e. The summed E-state index contributed by atoms with van der Waals surface area (Å²) in [4.78, 5) is 24.6. The lowest BCUT2D eigenvalue weighted by atomic mass is 9.89. The molecular formula is C25H27N3O5. The van der Waals surface area contributed by atoms with Crippen LogP contribution in [0.1, 0.15) is 32.3 Å². The van der Waals surface area contributed by atoms with E-state index < -0.39 is 11.2 Å². The van der Waals surface area contributed by atoms with Crippen molar-refractivity contribution in [2.24, 2.45) is 5.10 Å². The van der Waals surface area contributed by atoms with Crippen LogP contribution in [0.5, 0.6) is 5.75 Å². The van der Waals surface area contributed by atoms with Gasteiger partial charge in [-0.25, -0.2) is 15.3 Å². The number of aliphatic hydroxyl groups is 1. The van der Waals surface area contributed by atoms with Crippen LogP contribution in [0.3, 0.4) is 0 Å². The first-order valence-corrected chi connectivity index (χ1v) is 10.9. The standard InChI is InChI=1S/C25H27N3O5/c1-4-25(31,5-2)24-21(29)15-28(27-24)26-14-16-6-11-19-20(13-23(30)33-22(19)12-16)17-7-9-18(32-3)10-8-17/h6-13,26,31H,4-5,14-15H2,1-3H3. The highest BCUT2D eigenvalue weighted by Gasteiger charge is 2.39. The molecule has 0 amide bonds. The fraction of sp³-hybridized carbons (Fsp3) is 0.320. The number of hydrogen-bond donors (Lipinski definition) is 2. The summed E-state index contributed by atoms with van der Waals surface area (Å²) < 4.78 is 10.7. The number of nitrogens with zero attached hydrogens (tertiary/aromatic N) is 2. The number of methoxy groups -OCH3 is 1. The van der Waals surface area contributed by atoms with E-state index in [4.69, 9.17) is 9.15 Å². The molecule has 2 heterocycles. The minimum absolute atomic E-state index is 0.0575. The van der Waals surface area contributed by atoms with E-state index in [1.165, 1.54) is 11.2 Å². The number of ketones is 1. The number of fused-ring (bicyclic) bond motifs is 1. The topological polar surface area (TPSA) is 104 Å². The van der Waals surface area contributed by atoms with Crippen LogP contribution in [-0.4, -0.2) is 41.0 Å². The number of benzene rings is 2. The minimum Gasteiger partial charge on any atom is -0.497 e. The van der Waals surface area contributed by atoms with Gasteiger partial charge in [0.05, 0.1) is 7.11 Å². The lowest BCUT2D eigenvalue weighted by Crippen LogP contribution is -2.41. The number of rotatable bonds is 8. The van der Waals surface area contributed by atoms with Crippen molar-refractivity contribution >= 4 is 22.5 Å². The second-order valence-corrected chi connectivity index (χ2v) is 8.04. The Hall–Kier alpha value is -3.49. The summed E-state index contributed by atoms with van der Waals surface area (Å²) in [5, 5.41) is 17.2. The first kappa shape index (κ1) is 22.7. The van der Waals surface area contributed by atoms with Crippen molar-refractivity contribution in [1.29, 1.82) is 0 Å². The van der Waals surface area contributed by atoms with Gasteiger partial charge in [-0.2, -0.15) is 5.10 Å². The predicted molar refractivity (Wildman–Crippen MR) is 126 cm³/mol. The molecule has 0 saturated carbocycles. The number of hydrazone groups is 1. The van der Waals surface area contributed by atoms with Crippen molar-refractivity contribution in [1.82, 2.24) is 10.5 Å². The highest BCUT2D eigenvalue weighted by Crippen LogP contribution is 2.29. The molecule has 0 radical (unpaired) electrons. The smallest absolute Gasteiger partial charge is 0.336 e. The molecule has 33 heavy (non-hydrogen) atoms. The zero-order valence-electron chi connectivity index (χ0n) is 18.9. The van der Waals surface area contributed by atoms with Gasteiger partial charge in [0.15, 0.2) is 0 Å². The van der Waals surface area contributed by atoms with Crippen molar-refractivity contribution in [3.05, 3.63) is 64.5 Å². The van der Waals surface area contributed by atoms with E-state index >= 15 is 0 Å². The van der Waals surface area contributed by atoms with Crippen LogP contribution in [-0.2, 0) is 11.3 Å². The van der Waals surface area contributed by atoms with Crippen molar-refractivity contribution in [3.63, 3.8) is 0 Å². The quantitative estimate of drug-likeness (QED) is 0.509. The summed E-state index contributed by atoms with van der Waals surface area (Å²) in [5.41, 5.74) is 4.63. The lowest BCUT2D eigenvalue weighted by Gasteiger charge is -2.23. The first-order chi connectivity index (χ1) is 15.9. The third kappa shape index (κ3) is 4.53. The molecule has 0 aliphatic carbocycles. The van der Waals surface area contributed by atoms with Gasteiger partial charge in [-0.3, -0.25) is 4.79 Å². The molecule has 2 N–H and O–H groups in total. The van der Waals surface area contributed by atoms with Gasteiger partial charge in [0, 0.05) is 18.0 Å². The predicted octanol–water partition coefficient (Wildman–Crippen LogP) is 3.27. The average molecular weight is 450 g/mol. The molecule has 2 aromatic carbocycles. The highest BCUT2D eigenvalue weighted by molar-refractivity contribution is 6.44. The number of carbonyl (C=O) groups excluding carboxylic acids is 1. The van der Waals surface area contributed by atoms with Gasteiger partial charge in [-0.15, -0.1) is 0 Å². The molecule has 3 aromatic rings. The van der Waals surface area contributed by atoms with E-state index in [1.807, 2.05) is 50.2 Å². The normalized spacial score (nSPS) is 14.1. The van der Waals surface area contributed by atoms with Crippen LogP contribution in [0, 0.1) is 0 Å². The summed E-state index contributed by atoms with van der Waals surface area (Å²) in [6, 6.07) is 14.6. The Morgan fingerprint density at radius 1 is 1.12 bits per heavy atom. The van der Waals surface area contributed by atoms with Crippen LogP contribution in [0.2, 0.25) is 0 Å². The Morgan fingerprint density at radius 3 is 2.52 bits per heavy atom. The van der Waals surface area contributed by atoms with Crippen LogP contribution >= 0.6 is 0 Å². The van der Waals surface area contributed by atoms with Crippen LogP contribution in [0.4, 0.5) is 0 Å². The lowest BCUT2D eigenvalue weighted by molar-refractivity contribution is -0.114. The fourth-order valence-corrected chi connectivity index (χ4v) is 3.96. The molecule has 0 atom stereocenters. The number of hydrogen-bond acceptors (Lipinski definition) is 8. The maximum absolute atomic E-state index is 12.4. The summed E-state index contributed by atoms with van der Waals surface area (Å²) in [7, 11) is 1.61. The summed E-state index contributed by atoms with van der Waals surface area (Å²) in [6.45, 7) is 4.09. The molecule has 0 bridgehead atoms. The van der Waals surface area contributed by atoms with Crippen molar-refractivity contribution in [3.8, 4) is 16.9 Å². The van der Waals surface area contributed by atoms with Crippen molar-refractivity contribution in [2.75, 3.05) is 13.7 Å². The molecule has 1 aliphatic rings. The van der Waals surface area contributed by atoms with Gasteiger partial charge in [-0.05, 0) is 47.7 Å². The van der Waals surface area contributed by atoms with Crippen molar-refractivity contribution in [2.45, 2.75) is 38.8 Å². The van der Waals surface area contributed by atoms with E-state index in [0.717, 1.165) is 27.8 Å². The zero-order chi connectivity index (χ0) is 23.6. The minimum atomic E-state index is -1.21. The van der Waals surface area contributed by atoms with Crippen LogP contribution in [0.15, 0.2) is 62.8 Å². The van der Waals surface area contributed by atoms with E-state index in [2.05, 4.69) is 10.5 Å². The fourth-order valence-electron chi connectivity index (χ4n) is 3.96. The van der Waals surface area contributed by atoms with Crippen LogP contribution in [0.25, 0.3) is 22.1 Å². The number of Topliss-reactive ketones (excluding diaryl/α,β-unsaturated/α-hetero) is 1. The molecular weight excluding hydrogens is 422 g/mol. The van der Waals surface area contributed by atoms with Gasteiger partial charge in [0.1, 0.15) is 29.2 Å². The van der Waals surface area contributed by atoms with Gasteiger partial charge < -0.3 is 14.3 Å². The summed E-state index contributed by atoms with van der Waals surface area (Å²) >= 11 is 0. The van der Waals surface area contributed by atoms with E-state index in [-0.39, 0.29) is 18.0 Å². The Labute approximate surface area is 191 Å². The van der Waals surface area contributed by atoms with Gasteiger partial charge in [-0.1, -0.05) is 38.1 Å². The number of ether oxygens (including phenoxy) is 1. The molecule has 4 rings (SSSR count). The molecule has 0 fully saturated rings. The molecule has 1 aliphatic heterocycles. The van der Waals surface area contributed by atoms with Gasteiger partial charge in [0.25, 0.3) is 0 Å². The molecule has 8 nitrogen and oxygen atoms in total. The molecule has 0 saturated heterocycles. The molecule has 172 valence electrons. The van der Waals surface area contributed by atoms with Gasteiger partial charge >= 0.3 is 5.63 Å². The number of hydrazine groups is 1. The summed E-state index contributed by atoms with van der Waals surface area (Å²) in [6.07, 6.45) is 0.838. The third-order valence-electron chi connectivity index (χ3n) is 6.06. The summed E-state index contributed by atoms with van der Waals surface area (Å²) in [5.74, 6) is 0.546. The monoisotopic (exact) mass is 449 g/mol. The van der Waals surface area contributed by atoms with E-state index in [1.54, 1.807) is 13.2 Å². The number of carbonyl (C=O) groups is 1. The SMILES string of the molecule is CCC(O)(CC)C1=NN(NCc2ccc3c(-c4ccc(OC)cc4)cc(=O)oc3c2)CC1=O. The number of nitrogens with one attached hydrogen (secondary N) is 1. The van der Waals surface area contributed by atoms with Crippen molar-refractivity contribution < 1.29 is 19.1 Å². The van der Waals surface area contributed by atoms with Gasteiger partial charge in [0.2, 0.25) is 5.78 Å². The average Bonchev–Trinajstić information content (AvgIpc) is 3.22. The largest absolute Gasteiger partial charge is 0.497 e. The Balaban J connectivity index is 1.56. The Bertz CT molecular complexity index is 1260. The Kier molecular flexibility index (Phi) is 6.31. The van der Waals surface area contributed by atoms with E-state index in [0.29, 0.717) is 25.0 Å². The third-order valence-corrected chi connectivity index (χ3v) is 6.06. The van der Waals surface area contributed by atoms with E-state index in [9.17, 15) is 14.7 Å². The molecule has 0 spiro atoms. The second-order valence-electron chi connectivity index (χ2n) is 8.04. The maximum atomic E-state index is 12.4. The highest BCUT2D eigenvalue weighted by atomic mass is 16.5.